The molecule has 0 bridgehead atoms. The van der Waals surface area contributed by atoms with Gasteiger partial charge in [-0.2, -0.15) is 0 Å². The molecule has 3 rings (SSSR count). The van der Waals surface area contributed by atoms with E-state index < -0.39 is 0 Å². The van der Waals surface area contributed by atoms with Crippen LogP contribution in [0.5, 0.6) is 11.5 Å². The van der Waals surface area contributed by atoms with Crippen molar-refractivity contribution in [2.75, 3.05) is 11.9 Å². The number of amides is 2. The quantitative estimate of drug-likeness (QED) is 0.545. The van der Waals surface area contributed by atoms with Gasteiger partial charge >= 0.3 is 0 Å². The first-order chi connectivity index (χ1) is 13.6. The second-order valence-corrected chi connectivity index (χ2v) is 6.89. The van der Waals surface area contributed by atoms with Gasteiger partial charge in [-0.15, -0.1) is 0 Å². The number of halogens is 1. The average molecular weight is 439 g/mol. The molecule has 0 saturated carbocycles. The summed E-state index contributed by atoms with van der Waals surface area (Å²) in [5.41, 5.74) is 1.13. The number of carbonyl (C=O) groups excluding carboxylic acids is 2. The minimum absolute atomic E-state index is 0.155. The maximum absolute atomic E-state index is 12.3. The zero-order valence-corrected chi connectivity index (χ0v) is 16.6. The molecule has 0 aliphatic heterocycles. The lowest BCUT2D eigenvalue weighted by atomic mass is 10.2. The van der Waals surface area contributed by atoms with Crippen LogP contribution in [-0.4, -0.2) is 18.4 Å². The van der Waals surface area contributed by atoms with Crippen LogP contribution in [0.25, 0.3) is 0 Å². The van der Waals surface area contributed by atoms with Gasteiger partial charge in [-0.25, -0.2) is 0 Å². The molecule has 0 aromatic heterocycles. The molecule has 2 amide bonds. The summed E-state index contributed by atoms with van der Waals surface area (Å²) >= 11 is 3.33. The Morgan fingerprint density at radius 2 is 1.54 bits per heavy atom. The Morgan fingerprint density at radius 1 is 0.857 bits per heavy atom. The van der Waals surface area contributed by atoms with Crippen molar-refractivity contribution in [1.82, 2.24) is 5.32 Å². The molecule has 0 fully saturated rings. The third-order valence-electron chi connectivity index (χ3n) is 3.88. The summed E-state index contributed by atoms with van der Waals surface area (Å²) in [6.45, 7) is 0.239. The predicted molar refractivity (Wildman–Crippen MR) is 113 cm³/mol. The first-order valence-corrected chi connectivity index (χ1v) is 9.56. The molecule has 0 atom stereocenters. The normalized spacial score (nSPS) is 10.2. The zero-order valence-electron chi connectivity index (χ0n) is 15.0. The Labute approximate surface area is 171 Å². The molecule has 3 aromatic carbocycles. The first kappa shape index (κ1) is 19.6. The number of rotatable bonds is 7. The Balaban J connectivity index is 1.52. The molecular formula is C22H19BrN2O3. The molecule has 0 spiro atoms. The number of benzene rings is 3. The van der Waals surface area contributed by atoms with Crippen molar-refractivity contribution in [3.8, 4) is 11.5 Å². The second-order valence-electron chi connectivity index (χ2n) is 5.97. The lowest BCUT2D eigenvalue weighted by Crippen LogP contribution is -2.27. The van der Waals surface area contributed by atoms with Gasteiger partial charge in [-0.1, -0.05) is 46.3 Å². The summed E-state index contributed by atoms with van der Waals surface area (Å²) in [7, 11) is 0. The number of para-hydroxylation sites is 3. The van der Waals surface area contributed by atoms with Crippen LogP contribution < -0.4 is 15.4 Å². The molecule has 5 nitrogen and oxygen atoms in total. The number of hydrogen-bond acceptors (Lipinski definition) is 3. The van der Waals surface area contributed by atoms with E-state index in [2.05, 4.69) is 26.6 Å². The highest BCUT2D eigenvalue weighted by Gasteiger charge is 2.10. The van der Waals surface area contributed by atoms with Crippen LogP contribution in [0, 0.1) is 0 Å². The summed E-state index contributed by atoms with van der Waals surface area (Å²) < 4.78 is 6.73. The fourth-order valence-corrected chi connectivity index (χ4v) is 2.74. The van der Waals surface area contributed by atoms with Crippen LogP contribution in [0.2, 0.25) is 0 Å². The van der Waals surface area contributed by atoms with Gasteiger partial charge in [0.2, 0.25) is 5.91 Å². The number of hydrogen-bond donors (Lipinski definition) is 2. The molecule has 0 heterocycles. The molecule has 0 aliphatic rings. The van der Waals surface area contributed by atoms with Crippen LogP contribution in [-0.2, 0) is 4.79 Å². The number of ether oxygens (including phenoxy) is 1. The average Bonchev–Trinajstić information content (AvgIpc) is 2.71. The summed E-state index contributed by atoms with van der Waals surface area (Å²) in [4.78, 5) is 24.3. The van der Waals surface area contributed by atoms with Crippen molar-refractivity contribution in [2.24, 2.45) is 0 Å². The van der Waals surface area contributed by atoms with Gasteiger partial charge in [-0.3, -0.25) is 9.59 Å². The van der Waals surface area contributed by atoms with Crippen molar-refractivity contribution in [3.63, 3.8) is 0 Å². The number of anilines is 1. The van der Waals surface area contributed by atoms with Gasteiger partial charge in [-0.05, 0) is 48.5 Å². The highest BCUT2D eigenvalue weighted by molar-refractivity contribution is 9.10. The highest BCUT2D eigenvalue weighted by Crippen LogP contribution is 2.29. The standard InChI is InChI=1S/C22H19BrN2O3/c23-17-12-10-16(11-13-17)22(27)24-15-14-21(26)25-19-8-4-5-9-20(19)28-18-6-2-1-3-7-18/h1-13H,14-15H2,(H,24,27)(H,25,26). The minimum Gasteiger partial charge on any atom is -0.455 e. The minimum atomic E-state index is -0.215. The predicted octanol–water partition coefficient (Wildman–Crippen LogP) is 5.00. The van der Waals surface area contributed by atoms with Gasteiger partial charge < -0.3 is 15.4 Å². The van der Waals surface area contributed by atoms with Gasteiger partial charge in [0, 0.05) is 23.0 Å². The van der Waals surface area contributed by atoms with Crippen molar-refractivity contribution >= 4 is 33.4 Å². The fraction of sp³-hybridized carbons (Fsp3) is 0.0909. The van der Waals surface area contributed by atoms with Crippen molar-refractivity contribution in [3.05, 3.63) is 88.9 Å². The van der Waals surface area contributed by atoms with E-state index in [-0.39, 0.29) is 24.8 Å². The van der Waals surface area contributed by atoms with Crippen LogP contribution in [0.3, 0.4) is 0 Å². The van der Waals surface area contributed by atoms with E-state index in [0.717, 1.165) is 4.47 Å². The van der Waals surface area contributed by atoms with Crippen LogP contribution in [0.15, 0.2) is 83.3 Å². The highest BCUT2D eigenvalue weighted by atomic mass is 79.9. The van der Waals surface area contributed by atoms with E-state index in [1.165, 1.54) is 0 Å². The summed E-state index contributed by atoms with van der Waals surface area (Å²) in [6, 6.07) is 23.6. The van der Waals surface area contributed by atoms with E-state index >= 15 is 0 Å². The first-order valence-electron chi connectivity index (χ1n) is 8.77. The number of nitrogens with one attached hydrogen (secondary N) is 2. The zero-order chi connectivity index (χ0) is 19.8. The second kappa shape index (κ2) is 9.71. The summed E-state index contributed by atoms with van der Waals surface area (Å²) in [5.74, 6) is 0.820. The molecular weight excluding hydrogens is 420 g/mol. The van der Waals surface area contributed by atoms with Crippen LogP contribution in [0.1, 0.15) is 16.8 Å². The van der Waals surface area contributed by atoms with E-state index in [1.54, 1.807) is 36.4 Å². The summed E-state index contributed by atoms with van der Waals surface area (Å²) in [5, 5.41) is 5.57. The molecule has 28 heavy (non-hydrogen) atoms. The SMILES string of the molecule is O=C(CCNC(=O)c1ccc(Br)cc1)Nc1ccccc1Oc1ccccc1. The van der Waals surface area contributed by atoms with E-state index in [9.17, 15) is 9.59 Å². The maximum Gasteiger partial charge on any atom is 0.251 e. The van der Waals surface area contributed by atoms with Gasteiger partial charge in [0.15, 0.2) is 5.75 Å². The van der Waals surface area contributed by atoms with Gasteiger partial charge in [0.1, 0.15) is 5.75 Å². The molecule has 6 heteroatoms. The topological polar surface area (TPSA) is 67.4 Å². The third kappa shape index (κ3) is 5.69. The van der Waals surface area contributed by atoms with Crippen molar-refractivity contribution < 1.29 is 14.3 Å². The Kier molecular flexibility index (Phi) is 6.81. The largest absolute Gasteiger partial charge is 0.455 e. The lowest BCUT2D eigenvalue weighted by molar-refractivity contribution is -0.116. The molecule has 0 radical (unpaired) electrons. The Morgan fingerprint density at radius 3 is 2.29 bits per heavy atom. The molecule has 0 aliphatic carbocycles. The van der Waals surface area contributed by atoms with Crippen molar-refractivity contribution in [2.45, 2.75) is 6.42 Å². The molecule has 142 valence electrons. The summed E-state index contributed by atoms with van der Waals surface area (Å²) in [6.07, 6.45) is 0.155. The maximum atomic E-state index is 12.3. The fourth-order valence-electron chi connectivity index (χ4n) is 2.48. The van der Waals surface area contributed by atoms with E-state index in [0.29, 0.717) is 22.7 Å². The third-order valence-corrected chi connectivity index (χ3v) is 4.40. The van der Waals surface area contributed by atoms with Gasteiger partial charge in [0.05, 0.1) is 5.69 Å². The van der Waals surface area contributed by atoms with Gasteiger partial charge in [0.25, 0.3) is 5.91 Å². The molecule has 0 unspecified atom stereocenters. The molecule has 0 saturated heterocycles. The van der Waals surface area contributed by atoms with Crippen LogP contribution >= 0.6 is 15.9 Å². The lowest BCUT2D eigenvalue weighted by Gasteiger charge is -2.12. The van der Waals surface area contributed by atoms with Crippen LogP contribution in [0.4, 0.5) is 5.69 Å². The molecule has 2 N–H and O–H groups in total. The molecule has 3 aromatic rings. The monoisotopic (exact) mass is 438 g/mol. The number of carbonyl (C=O) groups is 2. The Hall–Kier alpha value is -3.12. The Bertz CT molecular complexity index is 944. The van der Waals surface area contributed by atoms with Crippen molar-refractivity contribution in [1.29, 1.82) is 0 Å². The van der Waals surface area contributed by atoms with E-state index in [4.69, 9.17) is 4.74 Å². The smallest absolute Gasteiger partial charge is 0.251 e. The van der Waals surface area contributed by atoms with E-state index in [1.807, 2.05) is 42.5 Å².